The van der Waals surface area contributed by atoms with E-state index in [1.807, 2.05) is 72.8 Å². The summed E-state index contributed by atoms with van der Waals surface area (Å²) in [5, 5.41) is 7.81. The average molecular weight is 1350 g/mol. The molecule has 4 aliphatic carbocycles. The monoisotopic (exact) mass is 1350 g/mol. The van der Waals surface area contributed by atoms with Crippen LogP contribution in [0.2, 0.25) is 0 Å². The standard InChI is InChI=1S/2C24H23FO.2C24H24O/c2*1-15(2)17-7-5-8-18(12-17)21-14-22(21)23(26)13-19-11-10-16-6-3-4-9-20(16)24(19)25;2*1-16(2)19-8-5-9-21(14-19)22-15-23(22)24(25)13-17-10-11-18-6-3-4-7-20(18)12-17/h2*3-12,15,21-22H,13-14H2,1-2H3;2*3-12,14,16,22-23H,13,15H2,1-2H3/t21-,22+;;22-,23+;/m0.0./s1. The number of Topliss-reactive ketones (excluding diaryl/α,β-unsaturated/α-hetero) is 4. The molecule has 8 atom stereocenters. The topological polar surface area (TPSA) is 68.3 Å². The number of halogens is 2. The average Bonchev–Trinajstić information content (AvgIpc) is 1.65. The van der Waals surface area contributed by atoms with E-state index in [0.29, 0.717) is 93.7 Å². The lowest BCUT2D eigenvalue weighted by molar-refractivity contribution is -0.120. The van der Waals surface area contributed by atoms with Crippen LogP contribution in [-0.2, 0) is 44.9 Å². The highest BCUT2D eigenvalue weighted by Gasteiger charge is 2.46. The minimum Gasteiger partial charge on any atom is -0.299 e. The summed E-state index contributed by atoms with van der Waals surface area (Å²) in [6.07, 6.45) is 5.25. The van der Waals surface area contributed by atoms with Gasteiger partial charge in [-0.3, -0.25) is 19.2 Å². The molecule has 4 aliphatic rings. The largest absolute Gasteiger partial charge is 0.299 e. The van der Waals surface area contributed by atoms with Gasteiger partial charge >= 0.3 is 0 Å². The maximum Gasteiger partial charge on any atom is 0.141 e. The van der Waals surface area contributed by atoms with Crippen LogP contribution in [0, 0.1) is 35.3 Å². The first-order valence-corrected chi connectivity index (χ1v) is 37.1. The highest BCUT2D eigenvalue weighted by molar-refractivity contribution is 5.93. The van der Waals surface area contributed by atoms with Crippen molar-refractivity contribution < 1.29 is 28.0 Å². The quantitative estimate of drug-likeness (QED) is 0.0762. The summed E-state index contributed by atoms with van der Waals surface area (Å²) in [6.45, 7) is 17.6. The van der Waals surface area contributed by atoms with Crippen LogP contribution < -0.4 is 0 Å². The van der Waals surface area contributed by atoms with Crippen molar-refractivity contribution in [3.63, 3.8) is 0 Å². The number of hydrogen-bond acceptors (Lipinski definition) is 4. The van der Waals surface area contributed by atoms with Crippen molar-refractivity contribution in [3.8, 4) is 0 Å². The summed E-state index contributed by atoms with van der Waals surface area (Å²) in [7, 11) is 0. The SMILES string of the molecule is CC(C)c1cccc(C2CC2C(=O)Cc2ccc3ccccc3c2)c1.CC(C)c1cccc(C2CC2C(=O)Cc2ccc3ccccc3c2F)c1.CC(C)c1cccc([C@@H]2C[C@H]2C(=O)Cc2ccc3ccccc3c2)c1.CC(C)c1cccc([C@@H]2C[C@H]2C(=O)Cc2ccc3ccccc3c2F)c1. The lowest BCUT2D eigenvalue weighted by atomic mass is 9.96. The molecule has 102 heavy (non-hydrogen) atoms. The number of benzene rings is 12. The zero-order valence-corrected chi connectivity index (χ0v) is 60.2. The van der Waals surface area contributed by atoms with Gasteiger partial charge in [0.05, 0.1) is 0 Å². The fourth-order valence-corrected chi connectivity index (χ4v) is 15.1. The number of carbonyl (C=O) groups excluding carboxylic acids is 4. The number of hydrogen-bond donors (Lipinski definition) is 0. The third-order valence-electron chi connectivity index (χ3n) is 21.8. The van der Waals surface area contributed by atoms with Gasteiger partial charge in [-0.1, -0.05) is 310 Å². The van der Waals surface area contributed by atoms with Gasteiger partial charge in [-0.2, -0.15) is 0 Å². The fraction of sp³-hybridized carbons (Fsp3) is 0.292. The zero-order chi connectivity index (χ0) is 71.3. The predicted octanol–water partition coefficient (Wildman–Crippen LogP) is 23.8. The van der Waals surface area contributed by atoms with E-state index in [0.717, 1.165) is 47.6 Å². The van der Waals surface area contributed by atoms with Gasteiger partial charge in [-0.15, -0.1) is 0 Å². The van der Waals surface area contributed by atoms with E-state index in [9.17, 15) is 28.0 Å². The first-order chi connectivity index (χ1) is 49.3. The van der Waals surface area contributed by atoms with Crippen LogP contribution in [0.5, 0.6) is 0 Å². The van der Waals surface area contributed by atoms with E-state index in [1.165, 1.54) is 66.1 Å². The van der Waals surface area contributed by atoms with Crippen LogP contribution in [0.15, 0.2) is 255 Å². The molecule has 4 saturated carbocycles. The molecule has 0 amide bonds. The van der Waals surface area contributed by atoms with Crippen molar-refractivity contribution >= 4 is 66.2 Å². The minimum atomic E-state index is -0.254. The van der Waals surface area contributed by atoms with E-state index < -0.39 is 0 Å². The first kappa shape index (κ1) is 70.6. The highest BCUT2D eigenvalue weighted by atomic mass is 19.1. The Hall–Kier alpha value is -9.78. The Labute approximate surface area is 601 Å². The summed E-state index contributed by atoms with van der Waals surface area (Å²) in [6, 6.07) is 86.1. The van der Waals surface area contributed by atoms with Crippen molar-refractivity contribution in [2.24, 2.45) is 23.7 Å². The van der Waals surface area contributed by atoms with E-state index >= 15 is 0 Å². The van der Waals surface area contributed by atoms with E-state index in [1.54, 1.807) is 24.3 Å². The summed E-state index contributed by atoms with van der Waals surface area (Å²) >= 11 is 0. The molecular formula is C96H94F2O4. The van der Waals surface area contributed by atoms with Crippen LogP contribution in [0.1, 0.15) is 195 Å². The number of ketones is 4. The van der Waals surface area contributed by atoms with Gasteiger partial charge in [0.25, 0.3) is 0 Å². The van der Waals surface area contributed by atoms with Gasteiger partial charge in [0.1, 0.15) is 34.8 Å². The molecular weight excluding hydrogens is 1260 g/mol. The van der Waals surface area contributed by atoms with Crippen LogP contribution in [0.4, 0.5) is 8.78 Å². The Morgan fingerprint density at radius 1 is 0.284 bits per heavy atom. The molecule has 12 aromatic rings. The molecule has 0 bridgehead atoms. The molecule has 4 nitrogen and oxygen atoms in total. The minimum absolute atomic E-state index is 0.0308. The second-order valence-corrected chi connectivity index (χ2v) is 30.5. The predicted molar refractivity (Wildman–Crippen MR) is 416 cm³/mol. The lowest BCUT2D eigenvalue weighted by Gasteiger charge is -2.08. The summed E-state index contributed by atoms with van der Waals surface area (Å²) in [5.74, 6) is 4.50. The molecule has 0 saturated heterocycles. The van der Waals surface area contributed by atoms with Crippen molar-refractivity contribution in [2.45, 2.75) is 154 Å². The molecule has 4 unspecified atom stereocenters. The molecule has 0 aromatic heterocycles. The van der Waals surface area contributed by atoms with E-state index in [4.69, 9.17) is 0 Å². The van der Waals surface area contributed by atoms with Crippen molar-refractivity contribution in [3.05, 3.63) is 333 Å². The summed E-state index contributed by atoms with van der Waals surface area (Å²) in [5.41, 5.74) is 13.8. The third-order valence-corrected chi connectivity index (χ3v) is 21.8. The molecule has 4 fully saturated rings. The van der Waals surface area contributed by atoms with Crippen LogP contribution >= 0.6 is 0 Å². The molecule has 6 heteroatoms. The Morgan fingerprint density at radius 2 is 0.549 bits per heavy atom. The molecule has 12 aromatic carbocycles. The maximum atomic E-state index is 14.7. The second-order valence-electron chi connectivity index (χ2n) is 30.5. The molecule has 0 spiro atoms. The van der Waals surface area contributed by atoms with Gasteiger partial charge in [0.2, 0.25) is 0 Å². The van der Waals surface area contributed by atoms with Crippen LogP contribution in [-0.4, -0.2) is 23.1 Å². The van der Waals surface area contributed by atoms with E-state index in [2.05, 4.69) is 213 Å². The van der Waals surface area contributed by atoms with Gasteiger partial charge in [0, 0.05) is 60.1 Å². The fourth-order valence-electron chi connectivity index (χ4n) is 15.1. The van der Waals surface area contributed by atoms with Gasteiger partial charge in [-0.05, 0) is 172 Å². The van der Waals surface area contributed by atoms with Crippen molar-refractivity contribution in [1.29, 1.82) is 0 Å². The Balaban J connectivity index is 0.000000121. The smallest absolute Gasteiger partial charge is 0.141 e. The van der Waals surface area contributed by atoms with E-state index in [-0.39, 0.29) is 59.7 Å². The normalized spacial score (nSPS) is 19.2. The maximum absolute atomic E-state index is 14.7. The second kappa shape index (κ2) is 31.2. The number of carbonyl (C=O) groups is 4. The number of fused-ring (bicyclic) bond motifs is 4. The van der Waals surface area contributed by atoms with Gasteiger partial charge in [0.15, 0.2) is 0 Å². The molecule has 16 rings (SSSR count). The molecule has 0 aliphatic heterocycles. The molecule has 0 radical (unpaired) electrons. The van der Waals surface area contributed by atoms with Crippen molar-refractivity contribution in [2.75, 3.05) is 0 Å². The lowest BCUT2D eigenvalue weighted by Crippen LogP contribution is -2.08. The Bertz CT molecular complexity index is 4740. The molecule has 0 heterocycles. The third kappa shape index (κ3) is 16.9. The summed E-state index contributed by atoms with van der Waals surface area (Å²) < 4.78 is 29.4. The van der Waals surface area contributed by atoms with Crippen LogP contribution in [0.25, 0.3) is 43.1 Å². The Kier molecular flexibility index (Phi) is 21.6. The highest BCUT2D eigenvalue weighted by Crippen LogP contribution is 2.52. The summed E-state index contributed by atoms with van der Waals surface area (Å²) in [4.78, 5) is 50.8. The van der Waals surface area contributed by atoms with Gasteiger partial charge in [-0.25, -0.2) is 8.78 Å². The number of rotatable bonds is 20. The zero-order valence-electron chi connectivity index (χ0n) is 60.2. The Morgan fingerprint density at radius 3 is 0.853 bits per heavy atom. The first-order valence-electron chi connectivity index (χ1n) is 37.1. The van der Waals surface area contributed by atoms with Gasteiger partial charge < -0.3 is 0 Å². The molecule has 0 N–H and O–H groups in total. The van der Waals surface area contributed by atoms with Crippen LogP contribution in [0.3, 0.4) is 0 Å². The molecule has 516 valence electrons. The van der Waals surface area contributed by atoms with Crippen molar-refractivity contribution in [1.82, 2.24) is 0 Å².